The molecule has 6 heteroatoms. The first-order chi connectivity index (χ1) is 10.7. The molecule has 0 aliphatic heterocycles. The van der Waals surface area contributed by atoms with E-state index in [9.17, 15) is 0 Å². The summed E-state index contributed by atoms with van der Waals surface area (Å²) < 4.78 is 0. The summed E-state index contributed by atoms with van der Waals surface area (Å²) in [5.74, 6) is 0. The van der Waals surface area contributed by atoms with Gasteiger partial charge in [0.25, 0.3) is 0 Å². The number of thiophene rings is 1. The van der Waals surface area contributed by atoms with Crippen molar-refractivity contribution < 1.29 is 0 Å². The molecule has 0 unspecified atom stereocenters. The van der Waals surface area contributed by atoms with Gasteiger partial charge in [-0.3, -0.25) is 0 Å². The van der Waals surface area contributed by atoms with Gasteiger partial charge in [0.1, 0.15) is 5.01 Å². The van der Waals surface area contributed by atoms with Crippen LogP contribution in [-0.4, -0.2) is 4.98 Å². The average Bonchev–Trinajstić information content (AvgIpc) is 3.20. The third-order valence-corrected chi connectivity index (χ3v) is 5.82. The molecule has 2 nitrogen and oxygen atoms in total. The van der Waals surface area contributed by atoms with Crippen molar-refractivity contribution in [3.8, 4) is 0 Å². The number of hydrogen-bond donors (Lipinski definition) is 1. The zero-order valence-electron chi connectivity index (χ0n) is 11.6. The highest BCUT2D eigenvalue weighted by atomic mass is 35.5. The number of rotatable bonds is 6. The van der Waals surface area contributed by atoms with E-state index in [2.05, 4.69) is 27.1 Å². The van der Waals surface area contributed by atoms with Gasteiger partial charge in [-0.05, 0) is 40.4 Å². The molecule has 0 bridgehead atoms. The van der Waals surface area contributed by atoms with E-state index < -0.39 is 0 Å². The molecule has 114 valence electrons. The van der Waals surface area contributed by atoms with Gasteiger partial charge >= 0.3 is 0 Å². The fourth-order valence-electron chi connectivity index (χ4n) is 2.22. The Hall–Kier alpha value is -0.910. The third kappa shape index (κ3) is 3.89. The Morgan fingerprint density at radius 2 is 2.09 bits per heavy atom. The molecular weight excluding hydrogens is 355 g/mol. The summed E-state index contributed by atoms with van der Waals surface area (Å²) in [4.78, 5) is 4.45. The molecule has 1 N–H and O–H groups in total. The second-order valence-electron chi connectivity index (χ2n) is 4.85. The second-order valence-corrected chi connectivity index (χ2v) is 7.34. The molecule has 0 saturated heterocycles. The van der Waals surface area contributed by atoms with Gasteiger partial charge in [0.05, 0.1) is 16.1 Å². The highest BCUT2D eigenvalue weighted by molar-refractivity contribution is 7.09. The Kier molecular flexibility index (Phi) is 5.50. The average molecular weight is 369 g/mol. The summed E-state index contributed by atoms with van der Waals surface area (Å²) in [5.41, 5.74) is 2.32. The van der Waals surface area contributed by atoms with Gasteiger partial charge < -0.3 is 5.32 Å². The van der Waals surface area contributed by atoms with Crippen LogP contribution in [0.15, 0.2) is 46.6 Å². The number of halogens is 2. The highest BCUT2D eigenvalue weighted by Crippen LogP contribution is 2.27. The lowest BCUT2D eigenvalue weighted by atomic mass is 10.1. The molecule has 0 amide bonds. The number of nitrogens with one attached hydrogen (secondary N) is 1. The lowest BCUT2D eigenvalue weighted by molar-refractivity contribution is 0.528. The van der Waals surface area contributed by atoms with Crippen molar-refractivity contribution in [2.24, 2.45) is 0 Å². The van der Waals surface area contributed by atoms with Crippen LogP contribution in [0.4, 0.5) is 0 Å². The molecule has 0 aliphatic rings. The maximum absolute atomic E-state index is 6.26. The third-order valence-electron chi connectivity index (χ3n) is 3.34. The molecule has 0 saturated carbocycles. The molecule has 1 atom stereocenters. The van der Waals surface area contributed by atoms with Gasteiger partial charge in [0.2, 0.25) is 0 Å². The van der Waals surface area contributed by atoms with Gasteiger partial charge in [0, 0.05) is 18.1 Å². The molecule has 3 rings (SSSR count). The summed E-state index contributed by atoms with van der Waals surface area (Å²) in [6, 6.07) is 8.04. The standard InChI is InChI=1S/C16H14Cl2N2S2/c17-13-3-1-2-12(15(13)18)9-20-14(16-19-5-7-22-16)8-11-4-6-21-10-11/h1-7,10,14,20H,8-9H2/t14-/m1/s1. The van der Waals surface area contributed by atoms with Crippen LogP contribution in [0.2, 0.25) is 10.0 Å². The van der Waals surface area contributed by atoms with Crippen LogP contribution in [-0.2, 0) is 13.0 Å². The molecular formula is C16H14Cl2N2S2. The monoisotopic (exact) mass is 368 g/mol. The molecule has 2 heterocycles. The normalized spacial score (nSPS) is 12.5. The van der Waals surface area contributed by atoms with Gasteiger partial charge in [0.15, 0.2) is 0 Å². The zero-order valence-corrected chi connectivity index (χ0v) is 14.8. The topological polar surface area (TPSA) is 24.9 Å². The predicted octanol–water partition coefficient (Wildman–Crippen LogP) is 5.59. The van der Waals surface area contributed by atoms with Crippen molar-refractivity contribution in [3.63, 3.8) is 0 Å². The van der Waals surface area contributed by atoms with E-state index in [1.54, 1.807) is 28.7 Å². The van der Waals surface area contributed by atoms with Crippen molar-refractivity contribution in [2.45, 2.75) is 19.0 Å². The molecule has 0 fully saturated rings. The van der Waals surface area contributed by atoms with E-state index in [4.69, 9.17) is 23.2 Å². The Balaban J connectivity index is 1.74. The van der Waals surface area contributed by atoms with Crippen LogP contribution in [0.3, 0.4) is 0 Å². The van der Waals surface area contributed by atoms with E-state index >= 15 is 0 Å². The summed E-state index contributed by atoms with van der Waals surface area (Å²) in [6.07, 6.45) is 2.75. The lowest BCUT2D eigenvalue weighted by Crippen LogP contribution is -2.23. The largest absolute Gasteiger partial charge is 0.303 e. The fourth-order valence-corrected chi connectivity index (χ4v) is 4.00. The minimum Gasteiger partial charge on any atom is -0.303 e. The van der Waals surface area contributed by atoms with Crippen LogP contribution >= 0.6 is 45.9 Å². The van der Waals surface area contributed by atoms with Crippen LogP contribution < -0.4 is 5.32 Å². The number of aromatic nitrogens is 1. The lowest BCUT2D eigenvalue weighted by Gasteiger charge is -2.17. The van der Waals surface area contributed by atoms with E-state index in [0.717, 1.165) is 17.0 Å². The molecule has 2 aromatic heterocycles. The fraction of sp³-hybridized carbons (Fsp3) is 0.188. The van der Waals surface area contributed by atoms with Crippen molar-refractivity contribution >= 4 is 45.9 Å². The summed E-state index contributed by atoms with van der Waals surface area (Å²) in [5, 5.41) is 12.1. The maximum atomic E-state index is 6.26. The number of hydrogen-bond acceptors (Lipinski definition) is 4. The Morgan fingerprint density at radius 1 is 1.18 bits per heavy atom. The van der Waals surface area contributed by atoms with Crippen molar-refractivity contribution in [1.82, 2.24) is 10.3 Å². The van der Waals surface area contributed by atoms with Crippen molar-refractivity contribution in [2.75, 3.05) is 0 Å². The van der Waals surface area contributed by atoms with Gasteiger partial charge in [-0.2, -0.15) is 11.3 Å². The van der Waals surface area contributed by atoms with Crippen LogP contribution in [0.1, 0.15) is 22.2 Å². The smallest absolute Gasteiger partial charge is 0.110 e. The molecule has 1 aromatic carbocycles. The summed E-state index contributed by atoms with van der Waals surface area (Å²) >= 11 is 15.7. The first-order valence-electron chi connectivity index (χ1n) is 6.81. The van der Waals surface area contributed by atoms with Crippen LogP contribution in [0.5, 0.6) is 0 Å². The minimum absolute atomic E-state index is 0.171. The predicted molar refractivity (Wildman–Crippen MR) is 96.2 cm³/mol. The summed E-state index contributed by atoms with van der Waals surface area (Å²) in [6.45, 7) is 0.660. The highest BCUT2D eigenvalue weighted by Gasteiger charge is 2.16. The first-order valence-corrected chi connectivity index (χ1v) is 9.38. The number of nitrogens with zero attached hydrogens (tertiary/aromatic N) is 1. The van der Waals surface area contributed by atoms with E-state index in [0.29, 0.717) is 16.6 Å². The van der Waals surface area contributed by atoms with Gasteiger partial charge in [-0.25, -0.2) is 4.98 Å². The van der Waals surface area contributed by atoms with Crippen LogP contribution in [0, 0.1) is 0 Å². The van der Waals surface area contributed by atoms with Gasteiger partial charge in [-0.1, -0.05) is 35.3 Å². The molecule has 3 aromatic rings. The van der Waals surface area contributed by atoms with E-state index in [1.165, 1.54) is 5.56 Å². The van der Waals surface area contributed by atoms with Gasteiger partial charge in [-0.15, -0.1) is 11.3 Å². The van der Waals surface area contributed by atoms with Crippen molar-refractivity contribution in [3.05, 3.63) is 72.8 Å². The Bertz CT molecular complexity index is 712. The van der Waals surface area contributed by atoms with E-state index in [-0.39, 0.29) is 6.04 Å². The van der Waals surface area contributed by atoms with Crippen molar-refractivity contribution in [1.29, 1.82) is 0 Å². The molecule has 22 heavy (non-hydrogen) atoms. The van der Waals surface area contributed by atoms with E-state index in [1.807, 2.05) is 23.7 Å². The maximum Gasteiger partial charge on any atom is 0.110 e. The zero-order chi connectivity index (χ0) is 15.4. The molecule has 0 radical (unpaired) electrons. The second kappa shape index (κ2) is 7.57. The number of thiazole rings is 1. The minimum atomic E-state index is 0.171. The SMILES string of the molecule is Clc1cccc(CN[C@H](Cc2ccsc2)c2nccs2)c1Cl. The molecule has 0 spiro atoms. The quantitative estimate of drug-likeness (QED) is 0.613. The molecule has 0 aliphatic carbocycles. The Morgan fingerprint density at radius 3 is 2.82 bits per heavy atom. The van der Waals surface area contributed by atoms with Crippen LogP contribution in [0.25, 0.3) is 0 Å². The Labute approximate surface area is 147 Å². The number of benzene rings is 1. The first kappa shape index (κ1) is 16.0. The summed E-state index contributed by atoms with van der Waals surface area (Å²) in [7, 11) is 0.